The third-order valence-electron chi connectivity index (χ3n) is 2.54. The van der Waals surface area contributed by atoms with Crippen molar-refractivity contribution in [3.05, 3.63) is 0 Å². The Morgan fingerprint density at radius 2 is 1.83 bits per heavy atom. The summed E-state index contributed by atoms with van der Waals surface area (Å²) in [6, 6.07) is -0.770. The molecule has 0 aromatic rings. The fraction of sp³-hybridized carbons (Fsp3) is 0.727. The Kier molecular flexibility index (Phi) is 6.04. The number of amides is 1. The lowest BCUT2D eigenvalue weighted by molar-refractivity contribution is -0.139. The summed E-state index contributed by atoms with van der Waals surface area (Å²) < 4.78 is 0. The number of nitrogens with two attached hydrogens (primary N) is 1. The quantitative estimate of drug-likeness (QED) is 0.525. The molecule has 0 fully saturated rings. The molecule has 0 aliphatic heterocycles. The minimum Gasteiger partial charge on any atom is -0.481 e. The van der Waals surface area contributed by atoms with Crippen LogP contribution in [0, 0.1) is 5.41 Å². The van der Waals surface area contributed by atoms with Crippen LogP contribution in [0.1, 0.15) is 27.2 Å². The van der Waals surface area contributed by atoms with Crippen LogP contribution in [0.4, 0.5) is 0 Å². The van der Waals surface area contributed by atoms with E-state index >= 15 is 0 Å². The number of aliphatic carboxylic acids is 1. The maximum Gasteiger partial charge on any atom is 0.303 e. The smallest absolute Gasteiger partial charge is 0.303 e. The second-order valence-corrected chi connectivity index (χ2v) is 5.41. The molecule has 1 unspecified atom stereocenters. The zero-order chi connectivity index (χ0) is 14.5. The summed E-state index contributed by atoms with van der Waals surface area (Å²) in [7, 11) is 1.50. The summed E-state index contributed by atoms with van der Waals surface area (Å²) in [5.74, 6) is -2.38. The van der Waals surface area contributed by atoms with E-state index in [1.807, 2.05) is 0 Å². The first kappa shape index (κ1) is 16.6. The first-order chi connectivity index (χ1) is 8.09. The Morgan fingerprint density at radius 1 is 1.33 bits per heavy atom. The van der Waals surface area contributed by atoms with Crippen molar-refractivity contribution < 1.29 is 19.5 Å². The average Bonchev–Trinajstić information content (AvgIpc) is 2.22. The van der Waals surface area contributed by atoms with Crippen LogP contribution < -0.4 is 11.1 Å². The highest BCUT2D eigenvalue weighted by Crippen LogP contribution is 2.17. The fourth-order valence-corrected chi connectivity index (χ4v) is 1.42. The topological polar surface area (TPSA) is 109 Å². The van der Waals surface area contributed by atoms with Gasteiger partial charge < -0.3 is 16.2 Å². The van der Waals surface area contributed by atoms with Crippen LogP contribution >= 0.6 is 0 Å². The van der Waals surface area contributed by atoms with Crippen molar-refractivity contribution in [3.63, 3.8) is 0 Å². The summed E-state index contributed by atoms with van der Waals surface area (Å²) in [5, 5.41) is 11.1. The number of hydrogen-bond donors (Lipinski definition) is 3. The number of carbonyl (C=O) groups excluding carboxylic acids is 2. The molecule has 0 aliphatic rings. The highest BCUT2D eigenvalue weighted by atomic mass is 16.4. The Balaban J connectivity index is 4.60. The highest BCUT2D eigenvalue weighted by Gasteiger charge is 2.30. The van der Waals surface area contributed by atoms with Crippen LogP contribution in [-0.4, -0.2) is 43.2 Å². The third kappa shape index (κ3) is 5.31. The average molecular weight is 256 g/mol. The van der Waals surface area contributed by atoms with Gasteiger partial charge in [0.15, 0.2) is 5.78 Å². The minimum atomic E-state index is -1.05. The zero-order valence-electron chi connectivity index (χ0n) is 11.3. The molecule has 102 valence electrons. The molecule has 0 bridgehead atoms. The maximum atomic E-state index is 12.0. The molecule has 0 rings (SSSR count). The second-order valence-electron chi connectivity index (χ2n) is 5.41. The molecule has 4 N–H and O–H groups in total. The third-order valence-corrected chi connectivity index (χ3v) is 2.54. The van der Waals surface area contributed by atoms with E-state index < -0.39 is 29.2 Å². The standard InChI is InChI=1S/C11H21BN2O4/c1-11(2,3)9(17)7(5-13)14-10(18)6(12)4-8(15)16/h6-7H,4-5,12-13H2,1-3H3,(H,14,18)(H,15,16)/t6?,7-/m0/s1. The van der Waals surface area contributed by atoms with Gasteiger partial charge in [-0.3, -0.25) is 14.4 Å². The van der Waals surface area contributed by atoms with E-state index in [1.54, 1.807) is 20.8 Å². The van der Waals surface area contributed by atoms with Gasteiger partial charge in [-0.2, -0.15) is 0 Å². The number of carboxylic acids is 1. The summed E-state index contributed by atoms with van der Waals surface area (Å²) in [4.78, 5) is 34.2. The molecular formula is C11H21BN2O4. The number of hydrogen-bond acceptors (Lipinski definition) is 4. The number of rotatable bonds is 6. The second kappa shape index (κ2) is 6.54. The molecule has 2 atom stereocenters. The predicted molar refractivity (Wildman–Crippen MR) is 70.0 cm³/mol. The van der Waals surface area contributed by atoms with Crippen molar-refractivity contribution in [2.24, 2.45) is 11.1 Å². The van der Waals surface area contributed by atoms with Gasteiger partial charge in [-0.1, -0.05) is 20.8 Å². The largest absolute Gasteiger partial charge is 0.481 e. The Labute approximate surface area is 108 Å². The first-order valence-corrected chi connectivity index (χ1v) is 5.86. The molecule has 7 heteroatoms. The molecule has 0 spiro atoms. The molecule has 0 saturated heterocycles. The molecule has 0 saturated carbocycles. The number of Topliss-reactive ketones (excluding diaryl/α,β-unsaturated/α-hetero) is 1. The molecular weight excluding hydrogens is 235 g/mol. The van der Waals surface area contributed by atoms with Gasteiger partial charge >= 0.3 is 5.97 Å². The van der Waals surface area contributed by atoms with Crippen LogP contribution in [0.3, 0.4) is 0 Å². The van der Waals surface area contributed by atoms with Gasteiger partial charge in [-0.25, -0.2) is 0 Å². The molecule has 0 heterocycles. The molecule has 6 nitrogen and oxygen atoms in total. The molecule has 0 aromatic carbocycles. The SMILES string of the molecule is BC(CC(=O)O)C(=O)N[C@@H](CN)C(=O)C(C)(C)C. The summed E-state index contributed by atoms with van der Waals surface area (Å²) in [5.41, 5.74) is 4.86. The summed E-state index contributed by atoms with van der Waals surface area (Å²) in [6.07, 6.45) is -0.271. The van der Waals surface area contributed by atoms with Crippen LogP contribution in [0.25, 0.3) is 0 Å². The van der Waals surface area contributed by atoms with E-state index in [4.69, 9.17) is 10.8 Å². The normalized spacial score (nSPS) is 14.7. The van der Waals surface area contributed by atoms with E-state index in [1.165, 1.54) is 7.85 Å². The lowest BCUT2D eigenvalue weighted by atomic mass is 9.82. The number of nitrogens with one attached hydrogen (secondary N) is 1. The van der Waals surface area contributed by atoms with Crippen molar-refractivity contribution in [1.82, 2.24) is 5.32 Å². The molecule has 0 aliphatic carbocycles. The van der Waals surface area contributed by atoms with Gasteiger partial charge in [0.2, 0.25) is 5.91 Å². The van der Waals surface area contributed by atoms with Crippen LogP contribution in [-0.2, 0) is 14.4 Å². The number of ketones is 1. The number of carboxylic acid groups (broad SMARTS) is 1. The highest BCUT2D eigenvalue weighted by molar-refractivity contribution is 6.25. The minimum absolute atomic E-state index is 0.00162. The van der Waals surface area contributed by atoms with Crippen molar-refractivity contribution in [2.75, 3.05) is 6.54 Å². The molecule has 1 amide bonds. The Morgan fingerprint density at radius 3 is 2.17 bits per heavy atom. The molecule has 18 heavy (non-hydrogen) atoms. The fourth-order valence-electron chi connectivity index (χ4n) is 1.42. The van der Waals surface area contributed by atoms with Gasteiger partial charge in [0.1, 0.15) is 13.9 Å². The van der Waals surface area contributed by atoms with Crippen LogP contribution in [0.5, 0.6) is 0 Å². The lowest BCUT2D eigenvalue weighted by Crippen LogP contribution is -2.50. The van der Waals surface area contributed by atoms with E-state index in [0.29, 0.717) is 0 Å². The molecule has 0 aromatic heterocycles. The van der Waals surface area contributed by atoms with E-state index in [0.717, 1.165) is 0 Å². The van der Waals surface area contributed by atoms with Gasteiger partial charge in [0, 0.05) is 24.2 Å². The van der Waals surface area contributed by atoms with E-state index in [2.05, 4.69) is 5.32 Å². The zero-order valence-corrected chi connectivity index (χ0v) is 11.3. The van der Waals surface area contributed by atoms with E-state index in [-0.39, 0.29) is 18.7 Å². The van der Waals surface area contributed by atoms with E-state index in [9.17, 15) is 14.4 Å². The van der Waals surface area contributed by atoms with Crippen molar-refractivity contribution in [3.8, 4) is 0 Å². The Bertz CT molecular complexity index is 338. The van der Waals surface area contributed by atoms with Gasteiger partial charge in [0.25, 0.3) is 0 Å². The van der Waals surface area contributed by atoms with Gasteiger partial charge in [0.05, 0.1) is 0 Å². The van der Waals surface area contributed by atoms with Gasteiger partial charge in [-0.15, -0.1) is 0 Å². The Hall–Kier alpha value is -1.37. The van der Waals surface area contributed by atoms with Crippen molar-refractivity contribution in [1.29, 1.82) is 0 Å². The maximum absolute atomic E-state index is 12.0. The predicted octanol–water partition coefficient (Wildman–Crippen LogP) is -1.06. The number of carbonyl (C=O) groups is 3. The monoisotopic (exact) mass is 256 g/mol. The van der Waals surface area contributed by atoms with Crippen molar-refractivity contribution >= 4 is 25.5 Å². The van der Waals surface area contributed by atoms with Crippen LogP contribution in [0.15, 0.2) is 0 Å². The lowest BCUT2D eigenvalue weighted by Gasteiger charge is -2.25. The van der Waals surface area contributed by atoms with Gasteiger partial charge in [-0.05, 0) is 0 Å². The summed E-state index contributed by atoms with van der Waals surface area (Å²) >= 11 is 0. The molecule has 0 radical (unpaired) electrons. The van der Waals surface area contributed by atoms with Crippen molar-refractivity contribution in [2.45, 2.75) is 39.1 Å². The van der Waals surface area contributed by atoms with Crippen LogP contribution in [0.2, 0.25) is 5.82 Å². The summed E-state index contributed by atoms with van der Waals surface area (Å²) in [6.45, 7) is 5.22. The first-order valence-electron chi connectivity index (χ1n) is 5.86.